The summed E-state index contributed by atoms with van der Waals surface area (Å²) in [6.45, 7) is 1.46. The van der Waals surface area contributed by atoms with E-state index in [1.54, 1.807) is 11.3 Å². The third-order valence-electron chi connectivity index (χ3n) is 3.89. The Morgan fingerprint density at radius 1 is 1.38 bits per heavy atom. The van der Waals surface area contributed by atoms with E-state index in [4.69, 9.17) is 5.73 Å². The van der Waals surface area contributed by atoms with E-state index < -0.39 is 0 Å². The summed E-state index contributed by atoms with van der Waals surface area (Å²) >= 11 is 5.05. The highest BCUT2D eigenvalue weighted by Gasteiger charge is 2.34. The van der Waals surface area contributed by atoms with Gasteiger partial charge in [-0.05, 0) is 57.9 Å². The molecule has 2 nitrogen and oxygen atoms in total. The molecular formula is C16H18BrFN2S. The van der Waals surface area contributed by atoms with Gasteiger partial charge in [0.1, 0.15) is 5.82 Å². The van der Waals surface area contributed by atoms with Crippen LogP contribution in [-0.2, 0) is 6.54 Å². The summed E-state index contributed by atoms with van der Waals surface area (Å²) in [6.07, 6.45) is 2.45. The van der Waals surface area contributed by atoms with Crippen molar-refractivity contribution in [2.75, 3.05) is 6.54 Å². The van der Waals surface area contributed by atoms with Gasteiger partial charge >= 0.3 is 0 Å². The Kier molecular flexibility index (Phi) is 4.74. The van der Waals surface area contributed by atoms with Crippen molar-refractivity contribution in [2.45, 2.75) is 31.5 Å². The summed E-state index contributed by atoms with van der Waals surface area (Å²) in [4.78, 5) is 3.81. The minimum atomic E-state index is -0.231. The molecule has 5 heteroatoms. The molecule has 2 aromatic rings. The van der Waals surface area contributed by atoms with E-state index in [1.165, 1.54) is 23.8 Å². The second kappa shape index (κ2) is 6.57. The highest BCUT2D eigenvalue weighted by molar-refractivity contribution is 9.10. The molecule has 0 bridgehead atoms. The van der Waals surface area contributed by atoms with Crippen LogP contribution in [0, 0.1) is 5.82 Å². The molecule has 1 aromatic carbocycles. The van der Waals surface area contributed by atoms with Crippen molar-refractivity contribution >= 4 is 27.3 Å². The fourth-order valence-corrected chi connectivity index (χ4v) is 3.77. The second-order valence-corrected chi connectivity index (χ2v) is 7.29. The first-order valence-electron chi connectivity index (χ1n) is 7.12. The van der Waals surface area contributed by atoms with Crippen molar-refractivity contribution in [1.29, 1.82) is 0 Å². The van der Waals surface area contributed by atoms with Crippen molar-refractivity contribution in [3.63, 3.8) is 0 Å². The molecular weight excluding hydrogens is 351 g/mol. The second-order valence-electron chi connectivity index (χ2n) is 5.41. The smallest absolute Gasteiger partial charge is 0.137 e. The molecule has 1 aliphatic carbocycles. The van der Waals surface area contributed by atoms with Crippen molar-refractivity contribution in [3.05, 3.63) is 56.4 Å². The number of hydrogen-bond acceptors (Lipinski definition) is 3. The maximum absolute atomic E-state index is 13.5. The Morgan fingerprint density at radius 3 is 2.76 bits per heavy atom. The lowest BCUT2D eigenvalue weighted by Gasteiger charge is -2.31. The van der Waals surface area contributed by atoms with Gasteiger partial charge in [0.15, 0.2) is 0 Å². The lowest BCUT2D eigenvalue weighted by atomic mass is 10.0. The number of nitrogens with two attached hydrogens (primary N) is 1. The minimum Gasteiger partial charge on any atom is -0.329 e. The van der Waals surface area contributed by atoms with E-state index in [1.807, 2.05) is 12.1 Å². The van der Waals surface area contributed by atoms with Crippen LogP contribution >= 0.6 is 27.3 Å². The van der Waals surface area contributed by atoms with E-state index in [0.29, 0.717) is 17.1 Å². The molecule has 1 fully saturated rings. The van der Waals surface area contributed by atoms with Crippen molar-refractivity contribution in [3.8, 4) is 0 Å². The quantitative estimate of drug-likeness (QED) is 0.822. The Labute approximate surface area is 136 Å². The molecule has 3 rings (SSSR count). The van der Waals surface area contributed by atoms with Gasteiger partial charge in [0.05, 0.1) is 4.47 Å². The Balaban J connectivity index is 1.86. The van der Waals surface area contributed by atoms with Crippen LogP contribution in [0.4, 0.5) is 4.39 Å². The van der Waals surface area contributed by atoms with Gasteiger partial charge in [0.2, 0.25) is 0 Å². The van der Waals surface area contributed by atoms with Gasteiger partial charge in [-0.15, -0.1) is 11.3 Å². The first-order chi connectivity index (χ1) is 10.2. The zero-order valence-electron chi connectivity index (χ0n) is 11.6. The van der Waals surface area contributed by atoms with Gasteiger partial charge in [0, 0.05) is 30.1 Å². The number of thiophene rings is 1. The van der Waals surface area contributed by atoms with Gasteiger partial charge in [0.25, 0.3) is 0 Å². The highest BCUT2D eigenvalue weighted by Crippen LogP contribution is 2.36. The predicted molar refractivity (Wildman–Crippen MR) is 88.8 cm³/mol. The van der Waals surface area contributed by atoms with Crippen LogP contribution in [0.2, 0.25) is 0 Å². The fourth-order valence-electron chi connectivity index (χ4n) is 2.67. The molecule has 1 aromatic heterocycles. The summed E-state index contributed by atoms with van der Waals surface area (Å²) in [6, 6.07) is 10.2. The number of benzene rings is 1. The third kappa shape index (κ3) is 3.54. The summed E-state index contributed by atoms with van der Waals surface area (Å²) in [7, 11) is 0. The molecule has 21 heavy (non-hydrogen) atoms. The number of halogens is 2. The maximum atomic E-state index is 13.5. The minimum absolute atomic E-state index is 0.136. The van der Waals surface area contributed by atoms with Crippen molar-refractivity contribution < 1.29 is 4.39 Å². The summed E-state index contributed by atoms with van der Waals surface area (Å²) in [5.74, 6) is -0.231. The van der Waals surface area contributed by atoms with Crippen LogP contribution in [0.1, 0.15) is 29.3 Å². The Bertz CT molecular complexity index is 598. The first-order valence-corrected chi connectivity index (χ1v) is 8.79. The molecule has 1 atom stereocenters. The first kappa shape index (κ1) is 15.2. The molecule has 1 heterocycles. The zero-order chi connectivity index (χ0) is 14.8. The fraction of sp³-hybridized carbons (Fsp3) is 0.375. The van der Waals surface area contributed by atoms with Gasteiger partial charge in [-0.3, -0.25) is 4.90 Å². The number of nitrogens with zero attached hydrogens (tertiary/aromatic N) is 1. The van der Waals surface area contributed by atoms with Gasteiger partial charge in [-0.25, -0.2) is 4.39 Å². The van der Waals surface area contributed by atoms with Crippen LogP contribution in [0.15, 0.2) is 40.2 Å². The van der Waals surface area contributed by atoms with E-state index in [9.17, 15) is 4.39 Å². The van der Waals surface area contributed by atoms with Crippen LogP contribution in [0.5, 0.6) is 0 Å². The average molecular weight is 369 g/mol. The number of hydrogen-bond donors (Lipinski definition) is 1. The molecule has 0 amide bonds. The molecule has 0 aliphatic heterocycles. The van der Waals surface area contributed by atoms with Crippen LogP contribution in [0.25, 0.3) is 0 Å². The predicted octanol–water partition coefficient (Wildman–Crippen LogP) is 4.31. The van der Waals surface area contributed by atoms with E-state index in [0.717, 1.165) is 12.1 Å². The lowest BCUT2D eigenvalue weighted by Crippen LogP contribution is -2.35. The Hall–Kier alpha value is -0.750. The van der Waals surface area contributed by atoms with Crippen LogP contribution in [0.3, 0.4) is 0 Å². The Morgan fingerprint density at radius 2 is 2.19 bits per heavy atom. The average Bonchev–Trinajstić information content (AvgIpc) is 3.20. The summed E-state index contributed by atoms with van der Waals surface area (Å²) in [5.41, 5.74) is 7.12. The molecule has 0 saturated heterocycles. The van der Waals surface area contributed by atoms with Crippen LogP contribution in [-0.4, -0.2) is 17.5 Å². The lowest BCUT2D eigenvalue weighted by molar-refractivity contribution is 0.183. The third-order valence-corrected chi connectivity index (χ3v) is 5.36. The molecule has 0 radical (unpaired) electrons. The topological polar surface area (TPSA) is 29.3 Å². The largest absolute Gasteiger partial charge is 0.329 e. The summed E-state index contributed by atoms with van der Waals surface area (Å²) < 4.78 is 14.0. The molecule has 2 N–H and O–H groups in total. The number of rotatable bonds is 6. The van der Waals surface area contributed by atoms with E-state index >= 15 is 0 Å². The monoisotopic (exact) mass is 368 g/mol. The maximum Gasteiger partial charge on any atom is 0.137 e. The van der Waals surface area contributed by atoms with Gasteiger partial charge in [-0.1, -0.05) is 12.1 Å². The van der Waals surface area contributed by atoms with Gasteiger partial charge in [-0.2, -0.15) is 0 Å². The van der Waals surface area contributed by atoms with E-state index in [2.05, 4.69) is 38.3 Å². The summed E-state index contributed by atoms with van der Waals surface area (Å²) in [5, 5.41) is 2.10. The molecule has 1 aliphatic rings. The SMILES string of the molecule is NCC(c1ccc(F)c(Br)c1)N(Cc1cccs1)C1CC1. The van der Waals surface area contributed by atoms with Crippen molar-refractivity contribution in [2.24, 2.45) is 5.73 Å². The molecule has 1 saturated carbocycles. The zero-order valence-corrected chi connectivity index (χ0v) is 14.0. The molecule has 112 valence electrons. The molecule has 0 spiro atoms. The van der Waals surface area contributed by atoms with E-state index in [-0.39, 0.29) is 11.9 Å². The van der Waals surface area contributed by atoms with Crippen molar-refractivity contribution in [1.82, 2.24) is 4.90 Å². The van der Waals surface area contributed by atoms with Gasteiger partial charge < -0.3 is 5.73 Å². The standard InChI is InChI=1S/C16H18BrFN2S/c17-14-8-11(3-6-15(14)18)16(9-19)20(12-4-5-12)10-13-2-1-7-21-13/h1-3,6-8,12,16H,4-5,9-10,19H2. The van der Waals surface area contributed by atoms with Crippen LogP contribution < -0.4 is 5.73 Å². The highest BCUT2D eigenvalue weighted by atomic mass is 79.9. The molecule has 1 unspecified atom stereocenters. The normalized spacial score (nSPS) is 16.4.